The van der Waals surface area contributed by atoms with Crippen molar-refractivity contribution in [1.82, 2.24) is 0 Å². The SMILES string of the molecule is COc1cc(F)c(Br)cc1C(O)c1ccc(F)c(Br)c1. The van der Waals surface area contributed by atoms with E-state index in [-0.39, 0.29) is 14.7 Å². The maximum Gasteiger partial charge on any atom is 0.141 e. The van der Waals surface area contributed by atoms with Crippen LogP contribution in [0.2, 0.25) is 0 Å². The Bertz CT molecular complexity index is 647. The number of ether oxygens (including phenoxy) is 1. The van der Waals surface area contributed by atoms with Crippen LogP contribution in [0.15, 0.2) is 39.3 Å². The summed E-state index contributed by atoms with van der Waals surface area (Å²) in [6.07, 6.45) is -1.06. The average Bonchev–Trinajstić information content (AvgIpc) is 2.43. The molecule has 1 unspecified atom stereocenters. The molecule has 20 heavy (non-hydrogen) atoms. The van der Waals surface area contributed by atoms with Crippen LogP contribution in [0.1, 0.15) is 17.2 Å². The zero-order chi connectivity index (χ0) is 14.9. The van der Waals surface area contributed by atoms with E-state index < -0.39 is 17.7 Å². The molecule has 0 aliphatic rings. The summed E-state index contributed by atoms with van der Waals surface area (Å²) in [6.45, 7) is 0. The minimum absolute atomic E-state index is 0.216. The predicted molar refractivity (Wildman–Crippen MR) is 78.8 cm³/mol. The molecular weight excluding hydrogens is 398 g/mol. The van der Waals surface area contributed by atoms with Crippen molar-refractivity contribution in [3.05, 3.63) is 62.0 Å². The minimum atomic E-state index is -1.06. The first-order chi connectivity index (χ1) is 9.43. The van der Waals surface area contributed by atoms with Crippen molar-refractivity contribution < 1.29 is 18.6 Å². The first kappa shape index (κ1) is 15.4. The third kappa shape index (κ3) is 3.02. The van der Waals surface area contributed by atoms with Gasteiger partial charge in [0.2, 0.25) is 0 Å². The minimum Gasteiger partial charge on any atom is -0.496 e. The second-order valence-electron chi connectivity index (χ2n) is 4.08. The molecular formula is C14H10Br2F2O2. The molecule has 1 N–H and O–H groups in total. The van der Waals surface area contributed by atoms with E-state index in [9.17, 15) is 13.9 Å². The second-order valence-corrected chi connectivity index (χ2v) is 5.79. The fourth-order valence-corrected chi connectivity index (χ4v) is 2.55. The van der Waals surface area contributed by atoms with E-state index in [0.29, 0.717) is 11.1 Å². The Labute approximate surface area is 131 Å². The number of aliphatic hydroxyl groups is 1. The molecule has 2 aromatic carbocycles. The topological polar surface area (TPSA) is 29.5 Å². The van der Waals surface area contributed by atoms with Crippen LogP contribution in [0.4, 0.5) is 8.78 Å². The molecule has 0 heterocycles. The van der Waals surface area contributed by atoms with Crippen molar-refractivity contribution in [2.75, 3.05) is 7.11 Å². The fraction of sp³-hybridized carbons (Fsp3) is 0.143. The summed E-state index contributed by atoms with van der Waals surface area (Å²) in [5.41, 5.74) is 0.856. The zero-order valence-electron chi connectivity index (χ0n) is 10.3. The Hall–Kier alpha value is -0.980. The molecule has 0 bridgehead atoms. The van der Waals surface area contributed by atoms with Gasteiger partial charge in [0.15, 0.2) is 0 Å². The number of methoxy groups -OCH3 is 1. The Balaban J connectivity index is 2.49. The van der Waals surface area contributed by atoms with Crippen molar-refractivity contribution in [3.8, 4) is 5.75 Å². The molecule has 0 aromatic heterocycles. The van der Waals surface area contributed by atoms with Crippen LogP contribution in [0, 0.1) is 11.6 Å². The highest BCUT2D eigenvalue weighted by Crippen LogP contribution is 2.35. The van der Waals surface area contributed by atoms with Crippen LogP contribution < -0.4 is 4.74 Å². The van der Waals surface area contributed by atoms with Gasteiger partial charge in [0.1, 0.15) is 23.5 Å². The molecule has 2 aromatic rings. The van der Waals surface area contributed by atoms with Gasteiger partial charge in [-0.2, -0.15) is 0 Å². The van der Waals surface area contributed by atoms with Gasteiger partial charge in [0, 0.05) is 11.6 Å². The first-order valence-electron chi connectivity index (χ1n) is 5.60. The molecule has 106 valence electrons. The lowest BCUT2D eigenvalue weighted by Gasteiger charge is -2.16. The number of halogens is 4. The molecule has 0 radical (unpaired) electrons. The molecule has 0 fully saturated rings. The number of aliphatic hydroxyl groups excluding tert-OH is 1. The summed E-state index contributed by atoms with van der Waals surface area (Å²) in [6, 6.07) is 6.79. The molecule has 6 heteroatoms. The fourth-order valence-electron chi connectivity index (χ4n) is 1.80. The molecule has 0 aliphatic carbocycles. The van der Waals surface area contributed by atoms with Gasteiger partial charge in [0.25, 0.3) is 0 Å². The monoisotopic (exact) mass is 406 g/mol. The summed E-state index contributed by atoms with van der Waals surface area (Å²) in [5.74, 6) is -0.690. The van der Waals surface area contributed by atoms with E-state index in [4.69, 9.17) is 4.74 Å². The van der Waals surface area contributed by atoms with Gasteiger partial charge in [-0.05, 0) is 55.6 Å². The van der Waals surface area contributed by atoms with Crippen molar-refractivity contribution in [2.45, 2.75) is 6.10 Å². The lowest BCUT2D eigenvalue weighted by Crippen LogP contribution is -2.04. The molecule has 0 spiro atoms. The third-order valence-corrected chi connectivity index (χ3v) is 4.04. The Morgan fingerprint density at radius 1 is 1.05 bits per heavy atom. The summed E-state index contributed by atoms with van der Waals surface area (Å²) in [5, 5.41) is 10.4. The van der Waals surface area contributed by atoms with Gasteiger partial charge in [-0.15, -0.1) is 0 Å². The molecule has 0 saturated heterocycles. The molecule has 2 nitrogen and oxygen atoms in total. The number of rotatable bonds is 3. The zero-order valence-corrected chi connectivity index (χ0v) is 13.5. The van der Waals surface area contributed by atoms with Crippen molar-refractivity contribution in [1.29, 1.82) is 0 Å². The van der Waals surface area contributed by atoms with Gasteiger partial charge >= 0.3 is 0 Å². The van der Waals surface area contributed by atoms with Crippen LogP contribution >= 0.6 is 31.9 Å². The summed E-state index contributed by atoms with van der Waals surface area (Å²) < 4.78 is 32.2. The Kier molecular flexibility index (Phi) is 4.78. The quantitative estimate of drug-likeness (QED) is 0.806. The Morgan fingerprint density at radius 2 is 1.70 bits per heavy atom. The van der Waals surface area contributed by atoms with Crippen LogP contribution in [-0.2, 0) is 0 Å². The number of benzene rings is 2. The lowest BCUT2D eigenvalue weighted by molar-refractivity contribution is 0.214. The van der Waals surface area contributed by atoms with E-state index in [0.717, 1.165) is 0 Å². The van der Waals surface area contributed by atoms with Gasteiger partial charge < -0.3 is 9.84 Å². The van der Waals surface area contributed by atoms with Gasteiger partial charge in [-0.3, -0.25) is 0 Å². The maximum absolute atomic E-state index is 13.5. The standard InChI is InChI=1S/C14H10Br2F2O2/c1-20-13-6-12(18)10(16)5-8(13)14(19)7-2-3-11(17)9(15)4-7/h2-6,14,19H,1H3. The number of hydrogen-bond donors (Lipinski definition) is 1. The third-order valence-electron chi connectivity index (χ3n) is 2.83. The van der Waals surface area contributed by atoms with E-state index in [1.54, 1.807) is 0 Å². The van der Waals surface area contributed by atoms with Crippen molar-refractivity contribution >= 4 is 31.9 Å². The van der Waals surface area contributed by atoms with Crippen LogP contribution in [0.5, 0.6) is 5.75 Å². The van der Waals surface area contributed by atoms with Crippen LogP contribution in [-0.4, -0.2) is 12.2 Å². The molecule has 2 rings (SSSR count). The van der Waals surface area contributed by atoms with Crippen LogP contribution in [0.3, 0.4) is 0 Å². The largest absolute Gasteiger partial charge is 0.496 e. The number of hydrogen-bond acceptors (Lipinski definition) is 2. The summed E-state index contributed by atoms with van der Waals surface area (Å²) >= 11 is 6.13. The van der Waals surface area contributed by atoms with E-state index in [1.807, 2.05) is 0 Å². The van der Waals surface area contributed by atoms with E-state index >= 15 is 0 Å². The van der Waals surface area contributed by atoms with Crippen molar-refractivity contribution in [3.63, 3.8) is 0 Å². The molecule has 1 atom stereocenters. The summed E-state index contributed by atoms with van der Waals surface area (Å²) in [4.78, 5) is 0. The summed E-state index contributed by atoms with van der Waals surface area (Å²) in [7, 11) is 1.39. The second kappa shape index (κ2) is 6.20. The van der Waals surface area contributed by atoms with Gasteiger partial charge in [-0.1, -0.05) is 6.07 Å². The predicted octanol–water partition coefficient (Wildman–Crippen LogP) is 4.58. The van der Waals surface area contributed by atoms with E-state index in [1.165, 1.54) is 37.4 Å². The van der Waals surface area contributed by atoms with E-state index in [2.05, 4.69) is 31.9 Å². The molecule has 0 saturated carbocycles. The molecule has 0 aliphatic heterocycles. The van der Waals surface area contributed by atoms with Gasteiger partial charge in [0.05, 0.1) is 16.1 Å². The highest BCUT2D eigenvalue weighted by molar-refractivity contribution is 9.10. The highest BCUT2D eigenvalue weighted by Gasteiger charge is 2.19. The first-order valence-corrected chi connectivity index (χ1v) is 7.18. The lowest BCUT2D eigenvalue weighted by atomic mass is 10.0. The average molecular weight is 408 g/mol. The maximum atomic E-state index is 13.5. The normalized spacial score (nSPS) is 12.3. The van der Waals surface area contributed by atoms with Gasteiger partial charge in [-0.25, -0.2) is 8.78 Å². The smallest absolute Gasteiger partial charge is 0.141 e. The highest BCUT2D eigenvalue weighted by atomic mass is 79.9. The van der Waals surface area contributed by atoms with Crippen LogP contribution in [0.25, 0.3) is 0 Å². The van der Waals surface area contributed by atoms with Crippen molar-refractivity contribution in [2.24, 2.45) is 0 Å². The molecule has 0 amide bonds. The Morgan fingerprint density at radius 3 is 2.30 bits per heavy atom.